The Bertz CT molecular complexity index is 274. The fraction of sp³-hybridized carbons (Fsp3) is 0.545. The molecular weight excluding hydrogens is 162 g/mol. The van der Waals surface area contributed by atoms with Crippen molar-refractivity contribution in [3.8, 4) is 0 Å². The minimum absolute atomic E-state index is 0.214. The normalized spacial score (nSPS) is 17.8. The predicted molar refractivity (Wildman–Crippen MR) is 54.4 cm³/mol. The molecule has 2 nitrogen and oxygen atoms in total. The van der Waals surface area contributed by atoms with Crippen molar-refractivity contribution in [3.05, 3.63) is 22.8 Å². The standard InChI is InChI=1S/C11H17NO/c1-3-4-9-5-8(2)10(7-12)11(13)6-9/h5H,3-4,6-7,12H2,1-2H3. The Morgan fingerprint density at radius 3 is 2.69 bits per heavy atom. The molecule has 0 heterocycles. The lowest BCUT2D eigenvalue weighted by Crippen LogP contribution is -2.18. The van der Waals surface area contributed by atoms with Gasteiger partial charge < -0.3 is 5.73 Å². The summed E-state index contributed by atoms with van der Waals surface area (Å²) in [5.74, 6) is 0.214. The number of carbonyl (C=O) groups is 1. The van der Waals surface area contributed by atoms with Crippen LogP contribution in [0.1, 0.15) is 33.1 Å². The van der Waals surface area contributed by atoms with Crippen LogP contribution in [-0.2, 0) is 4.79 Å². The van der Waals surface area contributed by atoms with Gasteiger partial charge in [0.1, 0.15) is 0 Å². The molecule has 0 aromatic heterocycles. The van der Waals surface area contributed by atoms with E-state index in [1.165, 1.54) is 5.57 Å². The first-order chi connectivity index (χ1) is 6.19. The van der Waals surface area contributed by atoms with Gasteiger partial charge in [0, 0.05) is 18.5 Å². The fourth-order valence-corrected chi connectivity index (χ4v) is 1.73. The lowest BCUT2D eigenvalue weighted by Gasteiger charge is -2.15. The van der Waals surface area contributed by atoms with Crippen molar-refractivity contribution in [2.45, 2.75) is 33.1 Å². The average molecular weight is 179 g/mol. The molecule has 0 saturated heterocycles. The molecule has 2 N–H and O–H groups in total. The molecule has 1 aliphatic rings. The second-order valence-corrected chi connectivity index (χ2v) is 3.52. The number of rotatable bonds is 3. The van der Waals surface area contributed by atoms with E-state index in [1.807, 2.05) is 6.92 Å². The van der Waals surface area contributed by atoms with Gasteiger partial charge in [-0.05, 0) is 18.9 Å². The number of allylic oxidation sites excluding steroid dienone is 3. The fourth-order valence-electron chi connectivity index (χ4n) is 1.73. The van der Waals surface area contributed by atoms with E-state index < -0.39 is 0 Å². The first-order valence-electron chi connectivity index (χ1n) is 4.81. The summed E-state index contributed by atoms with van der Waals surface area (Å²) < 4.78 is 0. The molecule has 72 valence electrons. The van der Waals surface area contributed by atoms with Crippen LogP contribution >= 0.6 is 0 Å². The highest BCUT2D eigenvalue weighted by atomic mass is 16.1. The third-order valence-corrected chi connectivity index (χ3v) is 2.40. The molecule has 0 aromatic carbocycles. The van der Waals surface area contributed by atoms with Gasteiger partial charge in [0.05, 0.1) is 0 Å². The van der Waals surface area contributed by atoms with Crippen molar-refractivity contribution in [1.29, 1.82) is 0 Å². The van der Waals surface area contributed by atoms with Crippen LogP contribution < -0.4 is 5.73 Å². The Kier molecular flexibility index (Phi) is 3.43. The van der Waals surface area contributed by atoms with Crippen molar-refractivity contribution in [2.75, 3.05) is 6.54 Å². The maximum Gasteiger partial charge on any atom is 0.164 e. The molecule has 0 aromatic rings. The zero-order valence-corrected chi connectivity index (χ0v) is 8.39. The van der Waals surface area contributed by atoms with E-state index in [9.17, 15) is 4.79 Å². The topological polar surface area (TPSA) is 43.1 Å². The number of hydrogen-bond acceptors (Lipinski definition) is 2. The van der Waals surface area contributed by atoms with Gasteiger partial charge in [-0.2, -0.15) is 0 Å². The first kappa shape index (κ1) is 10.2. The second kappa shape index (κ2) is 4.38. The van der Waals surface area contributed by atoms with E-state index in [0.717, 1.165) is 24.0 Å². The molecule has 0 unspecified atom stereocenters. The molecule has 1 aliphatic carbocycles. The quantitative estimate of drug-likeness (QED) is 0.719. The molecule has 13 heavy (non-hydrogen) atoms. The van der Waals surface area contributed by atoms with Gasteiger partial charge >= 0.3 is 0 Å². The zero-order chi connectivity index (χ0) is 9.84. The van der Waals surface area contributed by atoms with Crippen LogP contribution in [-0.4, -0.2) is 12.3 Å². The zero-order valence-electron chi connectivity index (χ0n) is 8.39. The molecule has 0 bridgehead atoms. The maximum absolute atomic E-state index is 11.5. The Hall–Kier alpha value is -0.890. The van der Waals surface area contributed by atoms with Crippen LogP contribution in [0.5, 0.6) is 0 Å². The Morgan fingerprint density at radius 1 is 1.54 bits per heavy atom. The number of ketones is 1. The maximum atomic E-state index is 11.5. The molecule has 0 radical (unpaired) electrons. The summed E-state index contributed by atoms with van der Waals surface area (Å²) in [6.07, 6.45) is 4.83. The predicted octanol–water partition coefficient (Wildman–Crippen LogP) is 1.96. The van der Waals surface area contributed by atoms with Crippen molar-refractivity contribution in [2.24, 2.45) is 5.73 Å². The van der Waals surface area contributed by atoms with Crippen LogP contribution in [0.15, 0.2) is 22.8 Å². The van der Waals surface area contributed by atoms with E-state index in [-0.39, 0.29) is 5.78 Å². The molecule has 0 spiro atoms. The minimum Gasteiger partial charge on any atom is -0.326 e. The third kappa shape index (κ3) is 2.28. The van der Waals surface area contributed by atoms with E-state index >= 15 is 0 Å². The van der Waals surface area contributed by atoms with E-state index in [2.05, 4.69) is 13.0 Å². The van der Waals surface area contributed by atoms with E-state index in [4.69, 9.17) is 5.73 Å². The number of Topliss-reactive ketones (excluding diaryl/α,β-unsaturated/α-hetero) is 1. The van der Waals surface area contributed by atoms with Gasteiger partial charge in [-0.15, -0.1) is 0 Å². The van der Waals surface area contributed by atoms with Gasteiger partial charge in [-0.25, -0.2) is 0 Å². The highest BCUT2D eigenvalue weighted by Gasteiger charge is 2.16. The summed E-state index contributed by atoms with van der Waals surface area (Å²) in [6, 6.07) is 0. The van der Waals surface area contributed by atoms with Crippen molar-refractivity contribution < 1.29 is 4.79 Å². The Balaban J connectivity index is 2.87. The van der Waals surface area contributed by atoms with Crippen LogP contribution in [0.4, 0.5) is 0 Å². The highest BCUT2D eigenvalue weighted by Crippen LogP contribution is 2.23. The smallest absolute Gasteiger partial charge is 0.164 e. The second-order valence-electron chi connectivity index (χ2n) is 3.52. The van der Waals surface area contributed by atoms with Crippen molar-refractivity contribution >= 4 is 5.78 Å². The van der Waals surface area contributed by atoms with E-state index in [1.54, 1.807) is 0 Å². The molecule has 0 atom stereocenters. The summed E-state index contributed by atoms with van der Waals surface area (Å²) in [5.41, 5.74) is 8.61. The molecule has 1 rings (SSSR count). The number of hydrogen-bond donors (Lipinski definition) is 1. The van der Waals surface area contributed by atoms with Crippen molar-refractivity contribution in [3.63, 3.8) is 0 Å². The first-order valence-corrected chi connectivity index (χ1v) is 4.81. The van der Waals surface area contributed by atoms with E-state index in [0.29, 0.717) is 13.0 Å². The number of nitrogens with two attached hydrogens (primary N) is 1. The molecular formula is C11H17NO. The summed E-state index contributed by atoms with van der Waals surface area (Å²) in [4.78, 5) is 11.5. The van der Waals surface area contributed by atoms with Gasteiger partial charge in [-0.1, -0.05) is 25.0 Å². The van der Waals surface area contributed by atoms with Gasteiger partial charge in [0.25, 0.3) is 0 Å². The van der Waals surface area contributed by atoms with Crippen LogP contribution in [0.2, 0.25) is 0 Å². The Morgan fingerprint density at radius 2 is 2.23 bits per heavy atom. The number of carbonyl (C=O) groups excluding carboxylic acids is 1. The monoisotopic (exact) mass is 179 g/mol. The molecule has 0 amide bonds. The summed E-state index contributed by atoms with van der Waals surface area (Å²) in [5, 5.41) is 0. The van der Waals surface area contributed by atoms with Crippen LogP contribution in [0.3, 0.4) is 0 Å². The Labute approximate surface area is 79.5 Å². The third-order valence-electron chi connectivity index (χ3n) is 2.40. The van der Waals surface area contributed by atoms with Crippen LogP contribution in [0.25, 0.3) is 0 Å². The molecule has 0 saturated carbocycles. The largest absolute Gasteiger partial charge is 0.326 e. The highest BCUT2D eigenvalue weighted by molar-refractivity contribution is 5.99. The molecule has 0 fully saturated rings. The molecule has 2 heteroatoms. The lowest BCUT2D eigenvalue weighted by molar-refractivity contribution is -0.115. The SMILES string of the molecule is CCCC1=CC(C)=C(CN)C(=O)C1. The van der Waals surface area contributed by atoms with Crippen molar-refractivity contribution in [1.82, 2.24) is 0 Å². The van der Waals surface area contributed by atoms with Crippen LogP contribution in [0, 0.1) is 0 Å². The molecule has 0 aliphatic heterocycles. The average Bonchev–Trinajstić information content (AvgIpc) is 2.04. The van der Waals surface area contributed by atoms with Gasteiger partial charge in [-0.3, -0.25) is 4.79 Å². The van der Waals surface area contributed by atoms with Gasteiger partial charge in [0.15, 0.2) is 5.78 Å². The lowest BCUT2D eigenvalue weighted by atomic mass is 9.90. The summed E-state index contributed by atoms with van der Waals surface area (Å²) >= 11 is 0. The minimum atomic E-state index is 0.214. The summed E-state index contributed by atoms with van der Waals surface area (Å²) in [6.45, 7) is 4.47. The summed E-state index contributed by atoms with van der Waals surface area (Å²) in [7, 11) is 0. The van der Waals surface area contributed by atoms with Gasteiger partial charge in [0.2, 0.25) is 0 Å².